The van der Waals surface area contributed by atoms with Gasteiger partial charge in [0, 0.05) is 16.2 Å². The van der Waals surface area contributed by atoms with Gasteiger partial charge in [0.15, 0.2) is 0 Å². The summed E-state index contributed by atoms with van der Waals surface area (Å²) in [5, 5.41) is 8.78. The summed E-state index contributed by atoms with van der Waals surface area (Å²) in [6.45, 7) is 3.09. The van der Waals surface area contributed by atoms with Gasteiger partial charge < -0.3 is 14.6 Å². The first-order valence-electron chi connectivity index (χ1n) is 6.87. The Morgan fingerprint density at radius 1 is 1.20 bits per heavy atom. The quantitative estimate of drug-likeness (QED) is 0.830. The highest BCUT2D eigenvalue weighted by molar-refractivity contribution is 8.03. The van der Waals surface area contributed by atoms with Crippen LogP contribution < -0.4 is 4.74 Å². The summed E-state index contributed by atoms with van der Waals surface area (Å²) in [5.74, 6) is 1.85. The number of ether oxygens (including phenoxy) is 2. The molecule has 0 saturated carbocycles. The Kier molecular flexibility index (Phi) is 6.02. The van der Waals surface area contributed by atoms with E-state index in [1.54, 1.807) is 11.8 Å². The summed E-state index contributed by atoms with van der Waals surface area (Å²) >= 11 is 1.72. The number of aliphatic hydroxyl groups excluding tert-OH is 1. The van der Waals surface area contributed by atoms with Crippen molar-refractivity contribution in [2.75, 3.05) is 19.8 Å². The number of hydrogen-bond donors (Lipinski definition) is 1. The normalized spacial score (nSPS) is 14.5. The van der Waals surface area contributed by atoms with Gasteiger partial charge in [-0.3, -0.25) is 0 Å². The first-order chi connectivity index (χ1) is 9.81. The van der Waals surface area contributed by atoms with Crippen molar-refractivity contribution in [3.63, 3.8) is 0 Å². The van der Waals surface area contributed by atoms with Crippen LogP contribution in [0.15, 0.2) is 52.0 Å². The van der Waals surface area contributed by atoms with Gasteiger partial charge in [-0.25, -0.2) is 0 Å². The zero-order valence-corrected chi connectivity index (χ0v) is 12.5. The number of aliphatic hydroxyl groups is 1. The Balaban J connectivity index is 1.95. The second-order valence-electron chi connectivity index (χ2n) is 4.33. The van der Waals surface area contributed by atoms with Crippen LogP contribution in [-0.4, -0.2) is 24.9 Å². The number of hydrogen-bond acceptors (Lipinski definition) is 4. The molecule has 0 unspecified atom stereocenters. The number of rotatable bonds is 7. The average molecular weight is 292 g/mol. The Hall–Kier alpha value is -1.39. The Labute approximate surface area is 124 Å². The molecule has 1 aliphatic carbocycles. The molecule has 0 radical (unpaired) electrons. The van der Waals surface area contributed by atoms with Crippen molar-refractivity contribution in [3.8, 4) is 5.75 Å². The van der Waals surface area contributed by atoms with Gasteiger partial charge in [-0.15, -0.1) is 0 Å². The SMILES string of the molecule is CCOc1ccc(SC2=CCCC(OCCO)=C2)cc1. The maximum absolute atomic E-state index is 8.78. The van der Waals surface area contributed by atoms with Crippen LogP contribution in [0.25, 0.3) is 0 Å². The molecule has 4 heteroatoms. The lowest BCUT2D eigenvalue weighted by molar-refractivity contribution is 0.139. The summed E-state index contributed by atoms with van der Waals surface area (Å²) in [4.78, 5) is 2.37. The molecular weight excluding hydrogens is 272 g/mol. The predicted octanol–water partition coefficient (Wildman–Crippen LogP) is 3.75. The lowest BCUT2D eigenvalue weighted by atomic mass is 10.1. The van der Waals surface area contributed by atoms with E-state index in [2.05, 4.69) is 24.3 Å². The molecule has 108 valence electrons. The van der Waals surface area contributed by atoms with Gasteiger partial charge in [-0.1, -0.05) is 17.8 Å². The zero-order valence-electron chi connectivity index (χ0n) is 11.7. The summed E-state index contributed by atoms with van der Waals surface area (Å²) < 4.78 is 10.9. The van der Waals surface area contributed by atoms with Crippen molar-refractivity contribution in [2.45, 2.75) is 24.7 Å². The summed E-state index contributed by atoms with van der Waals surface area (Å²) in [6, 6.07) is 8.10. The molecule has 0 bridgehead atoms. The molecule has 0 atom stereocenters. The Bertz CT molecular complexity index is 477. The molecular formula is C16H20O3S. The summed E-state index contributed by atoms with van der Waals surface area (Å²) in [6.07, 6.45) is 6.16. The van der Waals surface area contributed by atoms with Gasteiger partial charge in [0.25, 0.3) is 0 Å². The van der Waals surface area contributed by atoms with Crippen molar-refractivity contribution < 1.29 is 14.6 Å². The number of benzene rings is 1. The van der Waals surface area contributed by atoms with Crippen LogP contribution in [0.1, 0.15) is 19.8 Å². The fourth-order valence-corrected chi connectivity index (χ4v) is 2.85. The molecule has 0 heterocycles. The molecule has 0 amide bonds. The van der Waals surface area contributed by atoms with E-state index in [9.17, 15) is 0 Å². The van der Waals surface area contributed by atoms with Crippen LogP contribution in [0.4, 0.5) is 0 Å². The predicted molar refractivity (Wildman–Crippen MR) is 81.9 cm³/mol. The molecule has 1 aliphatic rings. The van der Waals surface area contributed by atoms with Gasteiger partial charge in [-0.2, -0.15) is 0 Å². The lowest BCUT2D eigenvalue weighted by Gasteiger charge is -2.14. The minimum atomic E-state index is 0.0580. The van der Waals surface area contributed by atoms with E-state index in [-0.39, 0.29) is 6.61 Å². The van der Waals surface area contributed by atoms with Crippen molar-refractivity contribution in [3.05, 3.63) is 47.1 Å². The van der Waals surface area contributed by atoms with Crippen molar-refractivity contribution in [1.82, 2.24) is 0 Å². The largest absolute Gasteiger partial charge is 0.495 e. The van der Waals surface area contributed by atoms with Crippen molar-refractivity contribution in [2.24, 2.45) is 0 Å². The highest BCUT2D eigenvalue weighted by Crippen LogP contribution is 2.33. The Morgan fingerprint density at radius 2 is 2.00 bits per heavy atom. The first-order valence-corrected chi connectivity index (χ1v) is 7.68. The monoisotopic (exact) mass is 292 g/mol. The molecule has 0 aromatic heterocycles. The van der Waals surface area contributed by atoms with E-state index in [0.717, 1.165) is 24.4 Å². The van der Waals surface area contributed by atoms with E-state index < -0.39 is 0 Å². The van der Waals surface area contributed by atoms with E-state index >= 15 is 0 Å². The molecule has 1 aromatic carbocycles. The lowest BCUT2D eigenvalue weighted by Crippen LogP contribution is -2.01. The number of allylic oxidation sites excluding steroid dienone is 3. The second kappa shape index (κ2) is 8.02. The molecule has 0 spiro atoms. The molecule has 0 saturated heterocycles. The molecule has 3 nitrogen and oxygen atoms in total. The molecule has 20 heavy (non-hydrogen) atoms. The maximum atomic E-state index is 8.78. The highest BCUT2D eigenvalue weighted by atomic mass is 32.2. The minimum Gasteiger partial charge on any atom is -0.495 e. The third kappa shape index (κ3) is 4.62. The average Bonchev–Trinajstić information content (AvgIpc) is 2.48. The smallest absolute Gasteiger partial charge is 0.119 e. The molecule has 1 N–H and O–H groups in total. The molecule has 2 rings (SSSR count). The van der Waals surface area contributed by atoms with Crippen molar-refractivity contribution >= 4 is 11.8 Å². The molecule has 0 aliphatic heterocycles. The zero-order chi connectivity index (χ0) is 14.2. The highest BCUT2D eigenvalue weighted by Gasteiger charge is 2.08. The van der Waals surface area contributed by atoms with Gasteiger partial charge in [0.05, 0.1) is 19.0 Å². The first kappa shape index (κ1) is 15.0. The van der Waals surface area contributed by atoms with Crippen LogP contribution in [0.2, 0.25) is 0 Å². The van der Waals surface area contributed by atoms with Crippen LogP contribution in [-0.2, 0) is 4.74 Å². The second-order valence-corrected chi connectivity index (χ2v) is 5.48. The van der Waals surface area contributed by atoms with Crippen LogP contribution in [0.5, 0.6) is 5.75 Å². The third-order valence-electron chi connectivity index (χ3n) is 2.79. The van der Waals surface area contributed by atoms with E-state index in [1.165, 1.54) is 9.80 Å². The van der Waals surface area contributed by atoms with Crippen LogP contribution in [0.3, 0.4) is 0 Å². The fraction of sp³-hybridized carbons (Fsp3) is 0.375. The number of thioether (sulfide) groups is 1. The van der Waals surface area contributed by atoms with Gasteiger partial charge >= 0.3 is 0 Å². The van der Waals surface area contributed by atoms with Crippen LogP contribution in [0, 0.1) is 0 Å². The van der Waals surface area contributed by atoms with Gasteiger partial charge in [0.1, 0.15) is 12.4 Å². The topological polar surface area (TPSA) is 38.7 Å². The standard InChI is InChI=1S/C16H20O3S/c1-2-18-13-6-8-15(9-7-13)20-16-5-3-4-14(12-16)19-11-10-17/h5-9,12,17H,2-4,10-11H2,1H3. The van der Waals surface area contributed by atoms with Gasteiger partial charge in [-0.05, 0) is 43.7 Å². The molecule has 0 fully saturated rings. The maximum Gasteiger partial charge on any atom is 0.119 e. The molecule has 1 aromatic rings. The third-order valence-corrected chi connectivity index (χ3v) is 3.82. The summed E-state index contributed by atoms with van der Waals surface area (Å²) in [5.41, 5.74) is 0. The van der Waals surface area contributed by atoms with Crippen LogP contribution >= 0.6 is 11.8 Å². The minimum absolute atomic E-state index is 0.0580. The summed E-state index contributed by atoms with van der Waals surface area (Å²) in [7, 11) is 0. The van der Waals surface area contributed by atoms with Crippen molar-refractivity contribution in [1.29, 1.82) is 0 Å². The van der Waals surface area contributed by atoms with E-state index in [0.29, 0.717) is 13.2 Å². The fourth-order valence-electron chi connectivity index (χ4n) is 1.91. The van der Waals surface area contributed by atoms with E-state index in [4.69, 9.17) is 14.6 Å². The Morgan fingerprint density at radius 3 is 2.70 bits per heavy atom. The van der Waals surface area contributed by atoms with Gasteiger partial charge in [0.2, 0.25) is 0 Å². The van der Waals surface area contributed by atoms with E-state index in [1.807, 2.05) is 19.1 Å².